The number of hydrogen-bond acceptors (Lipinski definition) is 7. The summed E-state index contributed by atoms with van der Waals surface area (Å²) in [5, 5.41) is 0.0792. The summed E-state index contributed by atoms with van der Waals surface area (Å²) in [6, 6.07) is 0. The number of amides is 1. The summed E-state index contributed by atoms with van der Waals surface area (Å²) in [6.07, 6.45) is -0.384. The molecule has 25 heavy (non-hydrogen) atoms. The molecule has 0 spiro atoms. The molecule has 0 N–H and O–H groups in total. The molecule has 1 heterocycles. The summed E-state index contributed by atoms with van der Waals surface area (Å²) in [5.74, 6) is -0.546. The first kappa shape index (κ1) is 21.6. The molecule has 0 aromatic heterocycles. The number of ether oxygens (including phenoxy) is 4. The number of hydrogen-bond donors (Lipinski definition) is 0. The van der Waals surface area contributed by atoms with Gasteiger partial charge in [-0.1, -0.05) is 0 Å². The van der Waals surface area contributed by atoms with E-state index in [1.54, 1.807) is 18.7 Å². The van der Waals surface area contributed by atoms with Gasteiger partial charge in [0.05, 0.1) is 19.3 Å². The molecule has 0 saturated carbocycles. The highest BCUT2D eigenvalue weighted by Crippen LogP contribution is 2.19. The van der Waals surface area contributed by atoms with Crippen molar-refractivity contribution in [1.29, 1.82) is 0 Å². The van der Waals surface area contributed by atoms with Crippen LogP contribution in [0.5, 0.6) is 0 Å². The van der Waals surface area contributed by atoms with Gasteiger partial charge in [-0.2, -0.15) is 0 Å². The van der Waals surface area contributed by atoms with Crippen LogP contribution in [0.2, 0.25) is 0 Å². The summed E-state index contributed by atoms with van der Waals surface area (Å²) in [4.78, 5) is 25.8. The second-order valence-electron chi connectivity index (χ2n) is 6.69. The van der Waals surface area contributed by atoms with E-state index in [0.29, 0.717) is 32.5 Å². The van der Waals surface area contributed by atoms with E-state index in [2.05, 4.69) is 0 Å². The van der Waals surface area contributed by atoms with Gasteiger partial charge >= 0.3 is 12.1 Å². The second-order valence-corrected chi connectivity index (χ2v) is 7.09. The van der Waals surface area contributed by atoms with Crippen molar-refractivity contribution in [2.45, 2.75) is 65.3 Å². The van der Waals surface area contributed by atoms with Gasteiger partial charge in [0.2, 0.25) is 11.2 Å². The van der Waals surface area contributed by atoms with E-state index in [-0.39, 0.29) is 23.9 Å². The van der Waals surface area contributed by atoms with Crippen molar-refractivity contribution >= 4 is 29.3 Å². The van der Waals surface area contributed by atoms with E-state index in [1.165, 1.54) is 0 Å². The third-order valence-corrected chi connectivity index (χ3v) is 3.76. The number of esters is 1. The van der Waals surface area contributed by atoms with E-state index in [0.717, 1.165) is 0 Å². The fourth-order valence-electron chi connectivity index (χ4n) is 2.34. The zero-order valence-electron chi connectivity index (χ0n) is 15.7. The van der Waals surface area contributed by atoms with Gasteiger partial charge in [-0.25, -0.2) is 9.59 Å². The Balaban J connectivity index is 2.57. The molecular formula is C17H29NO6S. The number of likely N-dealkylation sites (tertiary alicyclic amines) is 1. The van der Waals surface area contributed by atoms with Crippen molar-refractivity contribution in [3.8, 4) is 0 Å². The van der Waals surface area contributed by atoms with Crippen LogP contribution in [0.25, 0.3) is 0 Å². The number of carbonyl (C=O) groups is 2. The van der Waals surface area contributed by atoms with Crippen LogP contribution >= 0.6 is 12.2 Å². The van der Waals surface area contributed by atoms with Crippen LogP contribution in [-0.2, 0) is 23.7 Å². The van der Waals surface area contributed by atoms with Gasteiger partial charge in [0.1, 0.15) is 5.60 Å². The van der Waals surface area contributed by atoms with Gasteiger partial charge in [0.25, 0.3) is 0 Å². The molecule has 144 valence electrons. The average molecular weight is 375 g/mol. The Bertz CT molecular complexity index is 450. The molecule has 0 aromatic carbocycles. The molecule has 1 atom stereocenters. The highest BCUT2D eigenvalue weighted by Gasteiger charge is 2.33. The molecule has 1 aliphatic rings. The zero-order valence-corrected chi connectivity index (χ0v) is 16.5. The third kappa shape index (κ3) is 7.56. The van der Waals surface area contributed by atoms with Crippen molar-refractivity contribution in [2.75, 3.05) is 26.3 Å². The Morgan fingerprint density at radius 2 is 1.68 bits per heavy atom. The topological polar surface area (TPSA) is 74.3 Å². The summed E-state index contributed by atoms with van der Waals surface area (Å²) in [7, 11) is 0. The number of rotatable bonds is 6. The molecular weight excluding hydrogens is 346 g/mol. The van der Waals surface area contributed by atoms with Crippen LogP contribution in [0.4, 0.5) is 4.79 Å². The maximum absolute atomic E-state index is 12.1. The molecule has 0 aliphatic carbocycles. The quantitative estimate of drug-likeness (QED) is 0.522. The number of carbonyl (C=O) groups excluding carboxylic acids is 2. The largest absolute Gasteiger partial charge is 0.484 e. The van der Waals surface area contributed by atoms with Crippen molar-refractivity contribution < 1.29 is 28.5 Å². The highest BCUT2D eigenvalue weighted by atomic mass is 32.1. The van der Waals surface area contributed by atoms with Crippen molar-refractivity contribution in [2.24, 2.45) is 0 Å². The first-order valence-electron chi connectivity index (χ1n) is 8.64. The van der Waals surface area contributed by atoms with E-state index < -0.39 is 17.7 Å². The van der Waals surface area contributed by atoms with Gasteiger partial charge in [-0.15, -0.1) is 0 Å². The summed E-state index contributed by atoms with van der Waals surface area (Å²) in [5.41, 5.74) is -0.525. The smallest absolute Gasteiger partial charge is 0.410 e. The molecule has 1 fully saturated rings. The standard InChI is InChI=1S/C17H29NO6S/c1-6-21-14(19)13(15(25)22-7-2)23-12-8-10-18(11-9-12)16(20)24-17(3,4)5/h12-13H,6-11H2,1-5H3. The SMILES string of the molecule is CCOC(=O)C(OC1CCN(C(=O)OC(C)(C)C)CC1)C(=S)OCC. The van der Waals surface area contributed by atoms with Crippen molar-refractivity contribution in [1.82, 2.24) is 4.90 Å². The van der Waals surface area contributed by atoms with Crippen molar-refractivity contribution in [3.63, 3.8) is 0 Å². The van der Waals surface area contributed by atoms with Gasteiger partial charge < -0.3 is 23.8 Å². The monoisotopic (exact) mass is 375 g/mol. The van der Waals surface area contributed by atoms with E-state index in [9.17, 15) is 9.59 Å². The fourth-order valence-corrected chi connectivity index (χ4v) is 2.61. The van der Waals surface area contributed by atoms with Gasteiger partial charge in [0, 0.05) is 13.1 Å². The van der Waals surface area contributed by atoms with E-state index >= 15 is 0 Å². The molecule has 1 rings (SSSR count). The zero-order chi connectivity index (χ0) is 19.0. The summed E-state index contributed by atoms with van der Waals surface area (Å²) in [6.45, 7) is 10.6. The first-order valence-corrected chi connectivity index (χ1v) is 9.05. The predicted molar refractivity (Wildman–Crippen MR) is 96.6 cm³/mol. The lowest BCUT2D eigenvalue weighted by atomic mass is 10.1. The lowest BCUT2D eigenvalue weighted by Crippen LogP contribution is -2.46. The lowest BCUT2D eigenvalue weighted by Gasteiger charge is -2.34. The lowest BCUT2D eigenvalue weighted by molar-refractivity contribution is -0.157. The third-order valence-electron chi connectivity index (χ3n) is 3.42. The number of nitrogens with zero attached hydrogens (tertiary/aromatic N) is 1. The van der Waals surface area contributed by atoms with Crippen LogP contribution < -0.4 is 0 Å². The average Bonchev–Trinajstić information content (AvgIpc) is 2.51. The molecule has 1 aliphatic heterocycles. The second kappa shape index (κ2) is 9.91. The molecule has 8 heteroatoms. The van der Waals surface area contributed by atoms with Crippen LogP contribution in [0.15, 0.2) is 0 Å². The fraction of sp³-hybridized carbons (Fsp3) is 0.824. The Kier molecular flexibility index (Phi) is 8.58. The Morgan fingerprint density at radius 1 is 1.12 bits per heavy atom. The summed E-state index contributed by atoms with van der Waals surface area (Å²) >= 11 is 5.13. The summed E-state index contributed by atoms with van der Waals surface area (Å²) < 4.78 is 21.5. The van der Waals surface area contributed by atoms with Crippen LogP contribution in [0.1, 0.15) is 47.5 Å². The Morgan fingerprint density at radius 3 is 2.16 bits per heavy atom. The van der Waals surface area contributed by atoms with E-state index in [1.807, 2.05) is 20.8 Å². The van der Waals surface area contributed by atoms with Crippen LogP contribution in [-0.4, -0.2) is 66.1 Å². The van der Waals surface area contributed by atoms with Crippen LogP contribution in [0.3, 0.4) is 0 Å². The molecule has 7 nitrogen and oxygen atoms in total. The van der Waals surface area contributed by atoms with Gasteiger partial charge in [0.15, 0.2) is 0 Å². The minimum Gasteiger partial charge on any atom is -0.484 e. The molecule has 0 bridgehead atoms. The normalized spacial score (nSPS) is 16.9. The van der Waals surface area contributed by atoms with E-state index in [4.69, 9.17) is 31.2 Å². The minimum atomic E-state index is -1.02. The van der Waals surface area contributed by atoms with Gasteiger partial charge in [-0.3, -0.25) is 0 Å². The number of piperidine rings is 1. The molecule has 1 saturated heterocycles. The minimum absolute atomic E-state index is 0.0792. The number of thiocarbonyl (C=S) groups is 1. The first-order chi connectivity index (χ1) is 11.7. The molecule has 0 radical (unpaired) electrons. The Hall–Kier alpha value is -1.41. The van der Waals surface area contributed by atoms with Crippen molar-refractivity contribution in [3.05, 3.63) is 0 Å². The molecule has 1 unspecified atom stereocenters. The molecule has 1 amide bonds. The Labute approximate surface area is 154 Å². The van der Waals surface area contributed by atoms with Gasteiger partial charge in [-0.05, 0) is 59.7 Å². The maximum atomic E-state index is 12.1. The van der Waals surface area contributed by atoms with Crippen LogP contribution in [0, 0.1) is 0 Å². The molecule has 0 aromatic rings. The highest BCUT2D eigenvalue weighted by molar-refractivity contribution is 7.80. The predicted octanol–water partition coefficient (Wildman–Crippen LogP) is 2.70. The maximum Gasteiger partial charge on any atom is 0.410 e.